The molecule has 17 heteroatoms. The van der Waals surface area contributed by atoms with Crippen molar-refractivity contribution < 1.29 is 42.1 Å². The zero-order chi connectivity index (χ0) is 37.9. The van der Waals surface area contributed by atoms with Crippen molar-refractivity contribution in [2.24, 2.45) is 5.73 Å². The number of carbonyl (C=O) groups is 3. The highest BCUT2D eigenvalue weighted by Gasteiger charge is 2.21. The molecule has 2 aliphatic rings. The number of aromatic nitrogens is 2. The van der Waals surface area contributed by atoms with Crippen molar-refractivity contribution in [3.05, 3.63) is 106 Å². The number of benzene rings is 2. The Balaban J connectivity index is 0.000000204. The quantitative estimate of drug-likeness (QED) is 0.168. The first-order chi connectivity index (χ1) is 25.6. The summed E-state index contributed by atoms with van der Waals surface area (Å²) in [6.07, 6.45) is -0.453. The Morgan fingerprint density at radius 3 is 1.70 bits per heavy atom. The maximum Gasteiger partial charge on any atom is 0.267 e. The first kappa shape index (κ1) is 38.2. The minimum atomic E-state index is -0.806. The third-order valence-electron chi connectivity index (χ3n) is 7.99. The number of nitriles is 1. The van der Waals surface area contributed by atoms with Gasteiger partial charge in [-0.25, -0.2) is 18.7 Å². The second kappa shape index (κ2) is 17.9. The van der Waals surface area contributed by atoms with Gasteiger partial charge in [0.05, 0.1) is 51.0 Å². The molecule has 2 fully saturated rings. The van der Waals surface area contributed by atoms with Gasteiger partial charge >= 0.3 is 0 Å². The van der Waals surface area contributed by atoms with Crippen molar-refractivity contribution in [1.29, 1.82) is 5.26 Å². The fraction of sp³-hybridized carbons (Fsp3) is 0.278. The van der Waals surface area contributed by atoms with E-state index in [2.05, 4.69) is 31.2 Å². The number of hydrogen-bond donors (Lipinski definition) is 5. The summed E-state index contributed by atoms with van der Waals surface area (Å²) in [7, 11) is 2.72. The summed E-state index contributed by atoms with van der Waals surface area (Å²) >= 11 is 0. The number of carbonyl (C=O) groups excluding carboxylic acids is 3. The molecule has 0 bridgehead atoms. The van der Waals surface area contributed by atoms with E-state index in [4.69, 9.17) is 29.9 Å². The van der Waals surface area contributed by atoms with Gasteiger partial charge in [-0.05, 0) is 47.5 Å². The molecule has 4 heterocycles. The van der Waals surface area contributed by atoms with Crippen molar-refractivity contribution in [3.63, 3.8) is 0 Å². The Morgan fingerprint density at radius 1 is 0.792 bits per heavy atom. The molecule has 15 nitrogen and oxygen atoms in total. The summed E-state index contributed by atoms with van der Waals surface area (Å²) < 4.78 is 49.9. The molecule has 0 spiro atoms. The van der Waals surface area contributed by atoms with Gasteiger partial charge in [-0.3, -0.25) is 14.4 Å². The summed E-state index contributed by atoms with van der Waals surface area (Å²) in [5.74, 6) is -2.97. The molecule has 2 aromatic carbocycles. The molecule has 276 valence electrons. The van der Waals surface area contributed by atoms with E-state index >= 15 is 0 Å². The van der Waals surface area contributed by atoms with Crippen LogP contribution in [0, 0.1) is 23.0 Å². The number of morpholine rings is 2. The van der Waals surface area contributed by atoms with Crippen molar-refractivity contribution >= 4 is 29.1 Å². The number of hydrogen-bond acceptors (Lipinski definition) is 12. The fourth-order valence-corrected chi connectivity index (χ4v) is 5.28. The van der Waals surface area contributed by atoms with Gasteiger partial charge in [-0.1, -0.05) is 12.1 Å². The smallest absolute Gasteiger partial charge is 0.267 e. The first-order valence-corrected chi connectivity index (χ1v) is 16.3. The van der Waals surface area contributed by atoms with Gasteiger partial charge in [0, 0.05) is 49.4 Å². The van der Waals surface area contributed by atoms with Gasteiger partial charge in [0.25, 0.3) is 17.7 Å². The number of primary amides is 1. The van der Waals surface area contributed by atoms with Crippen molar-refractivity contribution in [2.45, 2.75) is 12.2 Å². The predicted octanol–water partition coefficient (Wildman–Crippen LogP) is 3.26. The molecule has 6 rings (SSSR count). The standard InChI is InChI=1S/C18H19FN4O4.C18H17FN4O3/c1-26-16-8-11(7-14(22-16)17(20)24)18(25)23-13-3-2-10(6-12(13)19)15-9-21-4-5-27-15;1-25-17-8-12(6-13(9-20)22-17)18(24)23-15-3-2-11(7-14(15)19)16-10-21-4-5-26-16/h2-3,6-8,15,21H,4-5,9H2,1H3,(H2,20,24)(H,23,25);2-3,6-8,16,21H,4-5,10H2,1H3,(H,23,24)/t15-;16-/m11/s1. The van der Waals surface area contributed by atoms with E-state index in [0.29, 0.717) is 37.4 Å². The van der Waals surface area contributed by atoms with Crippen molar-refractivity contribution in [2.75, 3.05) is 64.2 Å². The number of rotatable bonds is 9. The Morgan fingerprint density at radius 2 is 1.28 bits per heavy atom. The van der Waals surface area contributed by atoms with E-state index in [-0.39, 0.29) is 57.9 Å². The molecular formula is C36H36F2N8O7. The van der Waals surface area contributed by atoms with Gasteiger partial charge in [0.1, 0.15) is 29.1 Å². The lowest BCUT2D eigenvalue weighted by Gasteiger charge is -2.24. The molecule has 0 aliphatic carbocycles. The van der Waals surface area contributed by atoms with Crippen LogP contribution < -0.4 is 36.5 Å². The first-order valence-electron chi connectivity index (χ1n) is 16.3. The summed E-state index contributed by atoms with van der Waals surface area (Å²) in [6.45, 7) is 3.85. The topological polar surface area (TPSA) is 212 Å². The second-order valence-electron chi connectivity index (χ2n) is 11.6. The van der Waals surface area contributed by atoms with Crippen LogP contribution in [0.15, 0.2) is 60.7 Å². The summed E-state index contributed by atoms with van der Waals surface area (Å²) in [4.78, 5) is 43.9. The van der Waals surface area contributed by atoms with E-state index in [1.165, 1.54) is 62.8 Å². The molecule has 2 saturated heterocycles. The third-order valence-corrected chi connectivity index (χ3v) is 7.99. The van der Waals surface area contributed by atoms with Crippen LogP contribution in [0.2, 0.25) is 0 Å². The number of nitrogens with zero attached hydrogens (tertiary/aromatic N) is 3. The number of pyridine rings is 2. The maximum atomic E-state index is 14.4. The zero-order valence-corrected chi connectivity index (χ0v) is 28.7. The summed E-state index contributed by atoms with van der Waals surface area (Å²) in [5.41, 5.74) is 6.75. The molecule has 2 aromatic heterocycles. The SMILES string of the molecule is COc1cc(C(=O)Nc2ccc([C@H]3CNCCO3)cc2F)cc(C#N)n1.COc1cc(C(=O)Nc2ccc([C@H]3CNCCO3)cc2F)cc(C(N)=O)n1. The summed E-state index contributed by atoms with van der Waals surface area (Å²) in [6, 6.07) is 16.1. The Hall–Kier alpha value is -6.06. The van der Waals surface area contributed by atoms with Crippen LogP contribution in [0.3, 0.4) is 0 Å². The van der Waals surface area contributed by atoms with Gasteiger partial charge in [-0.15, -0.1) is 0 Å². The van der Waals surface area contributed by atoms with Crippen molar-refractivity contribution in [3.8, 4) is 17.8 Å². The molecule has 4 aromatic rings. The van der Waals surface area contributed by atoms with Crippen LogP contribution in [0.25, 0.3) is 0 Å². The lowest BCUT2D eigenvalue weighted by Crippen LogP contribution is -2.33. The zero-order valence-electron chi connectivity index (χ0n) is 28.7. The number of amides is 3. The molecule has 6 N–H and O–H groups in total. The van der Waals surface area contributed by atoms with Gasteiger partial charge in [0.2, 0.25) is 11.8 Å². The van der Waals surface area contributed by atoms with Gasteiger partial charge < -0.3 is 45.9 Å². The number of anilines is 2. The molecular weight excluding hydrogens is 694 g/mol. The average Bonchev–Trinajstić information content (AvgIpc) is 3.19. The highest BCUT2D eigenvalue weighted by molar-refractivity contribution is 6.06. The van der Waals surface area contributed by atoms with Crippen molar-refractivity contribution in [1.82, 2.24) is 20.6 Å². The number of nitrogens with one attached hydrogen (secondary N) is 4. The molecule has 0 saturated carbocycles. The fourth-order valence-electron chi connectivity index (χ4n) is 5.28. The Labute approximate surface area is 302 Å². The molecule has 0 unspecified atom stereocenters. The number of nitrogens with two attached hydrogens (primary N) is 1. The minimum Gasteiger partial charge on any atom is -0.481 e. The molecule has 53 heavy (non-hydrogen) atoms. The van der Waals surface area contributed by atoms with Crippen LogP contribution in [-0.4, -0.2) is 81.3 Å². The van der Waals surface area contributed by atoms with E-state index < -0.39 is 29.4 Å². The van der Waals surface area contributed by atoms with Gasteiger partial charge in [-0.2, -0.15) is 5.26 Å². The van der Waals surface area contributed by atoms with Crippen LogP contribution >= 0.6 is 0 Å². The second-order valence-corrected chi connectivity index (χ2v) is 11.6. The number of ether oxygens (including phenoxy) is 4. The van der Waals surface area contributed by atoms with E-state index in [0.717, 1.165) is 13.1 Å². The van der Waals surface area contributed by atoms with Gasteiger partial charge in [0.15, 0.2) is 0 Å². The van der Waals surface area contributed by atoms with Crippen LogP contribution in [0.4, 0.5) is 20.2 Å². The molecule has 2 atom stereocenters. The van der Waals surface area contributed by atoms with E-state index in [1.54, 1.807) is 12.1 Å². The Kier molecular flexibility index (Phi) is 12.9. The predicted molar refractivity (Wildman–Crippen MR) is 187 cm³/mol. The largest absolute Gasteiger partial charge is 0.481 e. The Bertz CT molecular complexity index is 2010. The normalized spacial score (nSPS) is 16.6. The minimum absolute atomic E-state index is 0.00363. The number of halogens is 2. The lowest BCUT2D eigenvalue weighted by atomic mass is 10.1. The van der Waals surface area contributed by atoms with E-state index in [1.807, 2.05) is 6.07 Å². The lowest BCUT2D eigenvalue weighted by molar-refractivity contribution is 0.0275. The molecule has 2 aliphatic heterocycles. The number of methoxy groups -OCH3 is 2. The highest BCUT2D eigenvalue weighted by atomic mass is 19.1. The van der Waals surface area contributed by atoms with Crippen LogP contribution in [0.1, 0.15) is 60.2 Å². The third kappa shape index (κ3) is 10.1. The van der Waals surface area contributed by atoms with Crippen LogP contribution in [0.5, 0.6) is 11.8 Å². The monoisotopic (exact) mass is 730 g/mol. The maximum absolute atomic E-state index is 14.4. The van der Waals surface area contributed by atoms with Crippen LogP contribution in [-0.2, 0) is 9.47 Å². The average molecular weight is 731 g/mol. The molecule has 3 amide bonds. The summed E-state index contributed by atoms with van der Waals surface area (Å²) in [5, 5.41) is 20.3. The molecule has 0 radical (unpaired) electrons. The van der Waals surface area contributed by atoms with E-state index in [9.17, 15) is 23.2 Å². The highest BCUT2D eigenvalue weighted by Crippen LogP contribution is 2.26.